The van der Waals surface area contributed by atoms with Gasteiger partial charge in [-0.15, -0.1) is 0 Å². The average Bonchev–Trinajstić information content (AvgIpc) is 2.37. The van der Waals surface area contributed by atoms with Gasteiger partial charge >= 0.3 is 6.09 Å². The molecule has 1 N–H and O–H groups in total. The third-order valence-electron chi connectivity index (χ3n) is 3.10. The van der Waals surface area contributed by atoms with E-state index in [1.165, 1.54) is 18.6 Å². The van der Waals surface area contributed by atoms with Gasteiger partial charge in [0, 0.05) is 12.1 Å². The van der Waals surface area contributed by atoms with Crippen LogP contribution in [0.2, 0.25) is 15.1 Å². The molecule has 0 aromatic heterocycles. The lowest BCUT2D eigenvalue weighted by Crippen LogP contribution is -2.38. The molecule has 0 aliphatic heterocycles. The minimum absolute atomic E-state index is 0.183. The smallest absolute Gasteiger partial charge is 0.409 e. The minimum atomic E-state index is -0.507. The Labute approximate surface area is 127 Å². The zero-order valence-electron chi connectivity index (χ0n) is 10.2. The fourth-order valence-corrected chi connectivity index (χ4v) is 2.70. The number of nitrogens with one attached hydrogen (secondary N) is 1. The van der Waals surface area contributed by atoms with Crippen molar-refractivity contribution in [1.82, 2.24) is 5.32 Å². The van der Waals surface area contributed by atoms with Gasteiger partial charge in [-0.1, -0.05) is 54.1 Å². The van der Waals surface area contributed by atoms with Gasteiger partial charge in [0.1, 0.15) is 0 Å². The first-order valence-corrected chi connectivity index (χ1v) is 7.32. The summed E-state index contributed by atoms with van der Waals surface area (Å²) in [5.74, 6) is 0.212. The highest BCUT2D eigenvalue weighted by molar-refractivity contribution is 6.43. The number of hydrogen-bond acceptors (Lipinski definition) is 2. The predicted molar refractivity (Wildman–Crippen MR) is 77.5 cm³/mol. The molecule has 1 saturated carbocycles. The summed E-state index contributed by atoms with van der Waals surface area (Å²) in [6.07, 6.45) is 4.98. The van der Waals surface area contributed by atoms with Gasteiger partial charge in [-0.25, -0.2) is 4.79 Å². The van der Waals surface area contributed by atoms with E-state index in [1.807, 2.05) is 0 Å². The van der Waals surface area contributed by atoms with Crippen LogP contribution in [0.25, 0.3) is 0 Å². The van der Waals surface area contributed by atoms with E-state index in [9.17, 15) is 4.79 Å². The summed E-state index contributed by atoms with van der Waals surface area (Å²) >= 11 is 17.6. The van der Waals surface area contributed by atoms with Crippen molar-refractivity contribution in [3.8, 4) is 5.75 Å². The van der Waals surface area contributed by atoms with E-state index in [0.29, 0.717) is 10.0 Å². The first-order valence-electron chi connectivity index (χ1n) is 6.19. The zero-order chi connectivity index (χ0) is 13.8. The van der Waals surface area contributed by atoms with Gasteiger partial charge in [-0.05, 0) is 18.9 Å². The SMILES string of the molecule is O=C(NC1CCCCC1)Oc1cc(Cl)c(Cl)cc1Cl. The van der Waals surface area contributed by atoms with Crippen LogP contribution in [0.3, 0.4) is 0 Å². The number of amides is 1. The van der Waals surface area contributed by atoms with E-state index in [0.717, 1.165) is 25.7 Å². The number of rotatable bonds is 2. The Balaban J connectivity index is 1.96. The van der Waals surface area contributed by atoms with Crippen molar-refractivity contribution in [2.24, 2.45) is 0 Å². The zero-order valence-corrected chi connectivity index (χ0v) is 12.5. The lowest BCUT2D eigenvalue weighted by atomic mass is 9.96. The average molecular weight is 323 g/mol. The molecule has 104 valence electrons. The summed E-state index contributed by atoms with van der Waals surface area (Å²) in [6.45, 7) is 0. The van der Waals surface area contributed by atoms with Crippen LogP contribution >= 0.6 is 34.8 Å². The fraction of sp³-hybridized carbons (Fsp3) is 0.462. The minimum Gasteiger partial charge on any atom is -0.409 e. The molecule has 0 atom stereocenters. The van der Waals surface area contributed by atoms with Crippen LogP contribution in [0.4, 0.5) is 4.79 Å². The normalized spacial score (nSPS) is 16.2. The van der Waals surface area contributed by atoms with Crippen molar-refractivity contribution < 1.29 is 9.53 Å². The number of hydrogen-bond donors (Lipinski definition) is 1. The molecule has 1 aromatic carbocycles. The van der Waals surface area contributed by atoms with Crippen molar-refractivity contribution in [2.75, 3.05) is 0 Å². The molecule has 19 heavy (non-hydrogen) atoms. The lowest BCUT2D eigenvalue weighted by molar-refractivity contribution is 0.192. The van der Waals surface area contributed by atoms with Crippen LogP contribution in [-0.4, -0.2) is 12.1 Å². The predicted octanol–water partition coefficient (Wildman–Crippen LogP) is 5.07. The molecule has 0 unspecified atom stereocenters. The summed E-state index contributed by atoms with van der Waals surface area (Å²) in [6, 6.07) is 3.07. The summed E-state index contributed by atoms with van der Waals surface area (Å²) in [5, 5.41) is 3.71. The largest absolute Gasteiger partial charge is 0.412 e. The number of carbonyl (C=O) groups excluding carboxylic acids is 1. The number of halogens is 3. The van der Waals surface area contributed by atoms with Crippen molar-refractivity contribution in [1.29, 1.82) is 0 Å². The van der Waals surface area contributed by atoms with Crippen LogP contribution in [-0.2, 0) is 0 Å². The Hall–Kier alpha value is -0.640. The standard InChI is InChI=1S/C13H14Cl3NO2/c14-9-6-11(16)12(7-10(9)15)19-13(18)17-8-4-2-1-3-5-8/h6-8H,1-5H2,(H,17,18). The highest BCUT2D eigenvalue weighted by Crippen LogP contribution is 2.33. The molecular weight excluding hydrogens is 309 g/mol. The molecule has 0 bridgehead atoms. The van der Waals surface area contributed by atoms with Gasteiger partial charge in [0.2, 0.25) is 0 Å². The van der Waals surface area contributed by atoms with Crippen molar-refractivity contribution >= 4 is 40.9 Å². The third kappa shape index (κ3) is 4.16. The molecule has 1 amide bonds. The first-order chi connectivity index (χ1) is 9.06. The second-order valence-electron chi connectivity index (χ2n) is 4.57. The molecule has 0 saturated heterocycles. The van der Waals surface area contributed by atoms with E-state index in [1.54, 1.807) is 0 Å². The summed E-state index contributed by atoms with van der Waals surface area (Å²) < 4.78 is 5.16. The molecule has 1 aliphatic carbocycles. The van der Waals surface area contributed by atoms with E-state index in [2.05, 4.69) is 5.32 Å². The highest BCUT2D eigenvalue weighted by atomic mass is 35.5. The molecule has 6 heteroatoms. The Bertz CT molecular complexity index is 473. The molecule has 1 fully saturated rings. The fourth-order valence-electron chi connectivity index (χ4n) is 2.13. The molecule has 0 spiro atoms. The van der Waals surface area contributed by atoms with Gasteiger partial charge in [-0.2, -0.15) is 0 Å². The van der Waals surface area contributed by atoms with Crippen molar-refractivity contribution in [3.63, 3.8) is 0 Å². The second-order valence-corrected chi connectivity index (χ2v) is 5.79. The Morgan fingerprint density at radius 3 is 2.37 bits per heavy atom. The molecule has 2 rings (SSSR count). The van der Waals surface area contributed by atoms with Crippen LogP contribution < -0.4 is 10.1 Å². The van der Waals surface area contributed by atoms with E-state index < -0.39 is 6.09 Å². The maximum atomic E-state index is 11.8. The highest BCUT2D eigenvalue weighted by Gasteiger charge is 2.18. The van der Waals surface area contributed by atoms with Gasteiger partial charge in [0.25, 0.3) is 0 Å². The van der Waals surface area contributed by atoms with Crippen LogP contribution in [0.1, 0.15) is 32.1 Å². The Morgan fingerprint density at radius 2 is 1.68 bits per heavy atom. The third-order valence-corrected chi connectivity index (χ3v) is 4.12. The second kappa shape index (κ2) is 6.69. The molecule has 0 radical (unpaired) electrons. The van der Waals surface area contributed by atoms with E-state index >= 15 is 0 Å². The molecule has 1 aliphatic rings. The topological polar surface area (TPSA) is 38.3 Å². The van der Waals surface area contributed by atoms with E-state index in [-0.39, 0.29) is 16.8 Å². The van der Waals surface area contributed by atoms with Crippen LogP contribution in [0.5, 0.6) is 5.75 Å². The summed E-state index contributed by atoms with van der Waals surface area (Å²) in [4.78, 5) is 11.8. The van der Waals surface area contributed by atoms with Crippen molar-refractivity contribution in [3.05, 3.63) is 27.2 Å². The van der Waals surface area contributed by atoms with Gasteiger partial charge in [0.05, 0.1) is 15.1 Å². The molecule has 1 aromatic rings. The molecular formula is C13H14Cl3NO2. The summed E-state index contributed by atoms with van der Waals surface area (Å²) in [5.41, 5.74) is 0. The number of ether oxygens (including phenoxy) is 1. The van der Waals surface area contributed by atoms with Gasteiger partial charge in [0.15, 0.2) is 5.75 Å². The Morgan fingerprint density at radius 1 is 1.05 bits per heavy atom. The Kier molecular flexibility index (Phi) is 5.20. The number of carbonyl (C=O) groups is 1. The van der Waals surface area contributed by atoms with Crippen LogP contribution in [0, 0.1) is 0 Å². The summed E-state index contributed by atoms with van der Waals surface area (Å²) in [7, 11) is 0. The van der Waals surface area contributed by atoms with Crippen molar-refractivity contribution in [2.45, 2.75) is 38.1 Å². The van der Waals surface area contributed by atoms with Crippen LogP contribution in [0.15, 0.2) is 12.1 Å². The quantitative estimate of drug-likeness (QED) is 0.772. The number of benzene rings is 1. The maximum Gasteiger partial charge on any atom is 0.412 e. The first kappa shape index (κ1) is 14.8. The molecule has 3 nitrogen and oxygen atoms in total. The maximum absolute atomic E-state index is 11.8. The monoisotopic (exact) mass is 321 g/mol. The van der Waals surface area contributed by atoms with E-state index in [4.69, 9.17) is 39.5 Å². The van der Waals surface area contributed by atoms with Gasteiger partial charge < -0.3 is 10.1 Å². The van der Waals surface area contributed by atoms with Gasteiger partial charge in [-0.3, -0.25) is 0 Å². The molecule has 0 heterocycles. The lowest BCUT2D eigenvalue weighted by Gasteiger charge is -2.22.